The Kier molecular flexibility index (Phi) is 4.53. The predicted molar refractivity (Wildman–Crippen MR) is 81.0 cm³/mol. The lowest BCUT2D eigenvalue weighted by Gasteiger charge is -2.04. The molecule has 0 N–H and O–H groups in total. The van der Waals surface area contributed by atoms with Gasteiger partial charge in [0.15, 0.2) is 0 Å². The normalized spacial score (nSPS) is 10.1. The van der Waals surface area contributed by atoms with Crippen LogP contribution in [-0.2, 0) is 6.54 Å². The Hall–Kier alpha value is -2.13. The van der Waals surface area contributed by atoms with E-state index in [-0.39, 0.29) is 18.9 Å². The molecule has 8 nitrogen and oxygen atoms in total. The van der Waals surface area contributed by atoms with Gasteiger partial charge < -0.3 is 10.1 Å². The average Bonchev–Trinajstić information content (AvgIpc) is 2.83. The van der Waals surface area contributed by atoms with Crippen LogP contribution in [0.2, 0.25) is 0 Å². The molecular weight excluding hydrogens is 375 g/mol. The molecule has 0 aliphatic carbocycles. The van der Waals surface area contributed by atoms with Gasteiger partial charge in [-0.05, 0) is 45.2 Å². The summed E-state index contributed by atoms with van der Waals surface area (Å²) in [5.74, 6) is 0.377. The fourth-order valence-electron chi connectivity index (χ4n) is 1.78. The molecule has 0 unspecified atom stereocenters. The van der Waals surface area contributed by atoms with Crippen molar-refractivity contribution in [1.82, 2.24) is 9.55 Å². The second-order valence-corrected chi connectivity index (χ2v) is 4.95. The number of rotatable bonds is 5. The van der Waals surface area contributed by atoms with E-state index in [9.17, 15) is 10.1 Å². The highest BCUT2D eigenvalue weighted by atomic mass is 127. The van der Waals surface area contributed by atoms with Crippen LogP contribution in [0.5, 0.6) is 0 Å². The van der Waals surface area contributed by atoms with Crippen LogP contribution in [0.3, 0.4) is 0 Å². The first kappa shape index (κ1) is 14.3. The minimum Gasteiger partial charge on any atom is -0.358 e. The molecule has 0 bridgehead atoms. The van der Waals surface area contributed by atoms with E-state index in [1.807, 2.05) is 24.3 Å². The molecule has 0 radical (unpaired) electrons. The maximum atomic E-state index is 11.0. The van der Waals surface area contributed by atoms with Crippen LogP contribution >= 0.6 is 22.6 Å². The molecule has 1 heterocycles. The van der Waals surface area contributed by atoms with E-state index >= 15 is 0 Å². The van der Waals surface area contributed by atoms with Crippen LogP contribution in [0.15, 0.2) is 35.6 Å². The molecule has 0 amide bonds. The molecule has 1 aromatic heterocycles. The minimum absolute atomic E-state index is 0.118. The maximum absolute atomic E-state index is 11.0. The third kappa shape index (κ3) is 2.89. The summed E-state index contributed by atoms with van der Waals surface area (Å²) in [4.78, 5) is 17.3. The number of nitrogens with zero attached hydrogens (tertiary/aromatic N) is 6. The first-order valence-electron chi connectivity index (χ1n) is 5.61. The van der Waals surface area contributed by atoms with Crippen LogP contribution in [-0.4, -0.2) is 21.0 Å². The monoisotopic (exact) mass is 384 g/mol. The quantitative estimate of drug-likeness (QED) is 0.197. The fourth-order valence-corrected chi connectivity index (χ4v) is 2.41. The SMILES string of the molecule is [N-]=[N+]=NCCn1c([N+](=O)[O-])cnc1-c1ccccc1I. The molecule has 0 aliphatic heterocycles. The van der Waals surface area contributed by atoms with Crippen molar-refractivity contribution in [3.8, 4) is 11.4 Å². The molecule has 9 heteroatoms. The summed E-state index contributed by atoms with van der Waals surface area (Å²) in [5.41, 5.74) is 9.11. The van der Waals surface area contributed by atoms with Gasteiger partial charge in [0.2, 0.25) is 5.82 Å². The highest BCUT2D eigenvalue weighted by molar-refractivity contribution is 14.1. The third-order valence-corrected chi connectivity index (χ3v) is 3.56. The van der Waals surface area contributed by atoms with Gasteiger partial charge >= 0.3 is 5.82 Å². The van der Waals surface area contributed by atoms with Crippen LogP contribution < -0.4 is 0 Å². The standard InChI is InChI=1S/C11H9IN6O2/c12-9-4-2-1-3-8(9)11-14-7-10(18(19)20)17(11)6-5-15-16-13/h1-4,7H,5-6H2. The zero-order chi connectivity index (χ0) is 14.5. The zero-order valence-electron chi connectivity index (χ0n) is 10.2. The molecule has 2 aromatic rings. The van der Waals surface area contributed by atoms with Crippen molar-refractivity contribution in [1.29, 1.82) is 0 Å². The molecule has 1 aromatic carbocycles. The van der Waals surface area contributed by atoms with Gasteiger partial charge in [0, 0.05) is 8.48 Å². The molecule has 0 aliphatic rings. The van der Waals surface area contributed by atoms with Gasteiger partial charge in [0.05, 0.1) is 18.7 Å². The number of nitro groups is 1. The largest absolute Gasteiger partial charge is 0.358 e. The molecule has 0 fully saturated rings. The van der Waals surface area contributed by atoms with E-state index in [4.69, 9.17) is 5.53 Å². The Morgan fingerprint density at radius 2 is 2.25 bits per heavy atom. The lowest BCUT2D eigenvalue weighted by Crippen LogP contribution is -2.07. The van der Waals surface area contributed by atoms with Crippen molar-refractivity contribution in [3.63, 3.8) is 0 Å². The predicted octanol–water partition coefficient (Wildman–Crippen LogP) is 3.37. The summed E-state index contributed by atoms with van der Waals surface area (Å²) in [6.07, 6.45) is 1.22. The molecule has 0 spiro atoms. The van der Waals surface area contributed by atoms with E-state index in [0.717, 1.165) is 9.13 Å². The van der Waals surface area contributed by atoms with Crippen molar-refractivity contribution in [3.05, 3.63) is 54.6 Å². The van der Waals surface area contributed by atoms with Crippen LogP contribution in [0.4, 0.5) is 5.82 Å². The maximum Gasteiger partial charge on any atom is 0.343 e. The summed E-state index contributed by atoms with van der Waals surface area (Å²) in [7, 11) is 0. The number of aromatic nitrogens is 2. The Balaban J connectivity index is 2.50. The number of hydrogen-bond donors (Lipinski definition) is 0. The van der Waals surface area contributed by atoms with Crippen LogP contribution in [0, 0.1) is 13.7 Å². The van der Waals surface area contributed by atoms with E-state index in [2.05, 4.69) is 37.6 Å². The Morgan fingerprint density at radius 3 is 2.90 bits per heavy atom. The zero-order valence-corrected chi connectivity index (χ0v) is 12.3. The first-order chi connectivity index (χ1) is 9.65. The Bertz CT molecular complexity index is 692. The molecule has 0 saturated heterocycles. The summed E-state index contributed by atoms with van der Waals surface area (Å²) in [5, 5.41) is 14.4. The summed E-state index contributed by atoms with van der Waals surface area (Å²) >= 11 is 2.15. The van der Waals surface area contributed by atoms with Crippen molar-refractivity contribution in [2.75, 3.05) is 6.54 Å². The molecule has 20 heavy (non-hydrogen) atoms. The number of imidazole rings is 1. The van der Waals surface area contributed by atoms with Crippen molar-refractivity contribution >= 4 is 28.4 Å². The fraction of sp³-hybridized carbons (Fsp3) is 0.182. The molecular formula is C11H9IN6O2. The van der Waals surface area contributed by atoms with E-state index in [1.54, 1.807) is 0 Å². The van der Waals surface area contributed by atoms with Gasteiger partial charge in [0.1, 0.15) is 6.20 Å². The van der Waals surface area contributed by atoms with Gasteiger partial charge in [0.25, 0.3) is 0 Å². The van der Waals surface area contributed by atoms with E-state index in [1.165, 1.54) is 10.8 Å². The number of benzene rings is 1. The van der Waals surface area contributed by atoms with Crippen LogP contribution in [0.1, 0.15) is 0 Å². The summed E-state index contributed by atoms with van der Waals surface area (Å²) in [6, 6.07) is 7.47. The number of hydrogen-bond acceptors (Lipinski definition) is 4. The third-order valence-electron chi connectivity index (χ3n) is 2.62. The molecule has 2 rings (SSSR count). The Labute approximate surface area is 127 Å². The smallest absolute Gasteiger partial charge is 0.343 e. The molecule has 0 saturated carbocycles. The lowest BCUT2D eigenvalue weighted by atomic mass is 10.2. The van der Waals surface area contributed by atoms with Gasteiger partial charge in [-0.25, -0.2) is 9.55 Å². The van der Waals surface area contributed by atoms with Gasteiger partial charge in [-0.15, -0.1) is 0 Å². The van der Waals surface area contributed by atoms with E-state index < -0.39 is 4.92 Å². The average molecular weight is 384 g/mol. The Morgan fingerprint density at radius 1 is 1.50 bits per heavy atom. The number of azide groups is 1. The van der Waals surface area contributed by atoms with Gasteiger partial charge in [-0.3, -0.25) is 0 Å². The second-order valence-electron chi connectivity index (χ2n) is 3.78. The van der Waals surface area contributed by atoms with E-state index in [0.29, 0.717) is 5.82 Å². The molecule has 102 valence electrons. The van der Waals surface area contributed by atoms with Crippen molar-refractivity contribution in [2.24, 2.45) is 5.11 Å². The minimum atomic E-state index is -0.498. The first-order valence-corrected chi connectivity index (χ1v) is 6.68. The van der Waals surface area contributed by atoms with Crippen molar-refractivity contribution in [2.45, 2.75) is 6.54 Å². The topological polar surface area (TPSA) is 110 Å². The molecule has 0 atom stereocenters. The second kappa shape index (κ2) is 6.35. The highest BCUT2D eigenvalue weighted by Gasteiger charge is 2.22. The van der Waals surface area contributed by atoms with Gasteiger partial charge in [-0.1, -0.05) is 17.2 Å². The summed E-state index contributed by atoms with van der Waals surface area (Å²) < 4.78 is 2.39. The number of halogens is 1. The van der Waals surface area contributed by atoms with Gasteiger partial charge in [-0.2, -0.15) is 0 Å². The van der Waals surface area contributed by atoms with Crippen LogP contribution in [0.25, 0.3) is 21.8 Å². The van der Waals surface area contributed by atoms with Crippen molar-refractivity contribution < 1.29 is 4.92 Å². The highest BCUT2D eigenvalue weighted by Crippen LogP contribution is 2.27. The summed E-state index contributed by atoms with van der Waals surface area (Å²) in [6.45, 7) is 0.338. The lowest BCUT2D eigenvalue weighted by molar-refractivity contribution is -0.392.